The van der Waals surface area contributed by atoms with Crippen LogP contribution in [0.5, 0.6) is 0 Å². The molecule has 0 heterocycles. The van der Waals surface area contributed by atoms with Crippen LogP contribution < -0.4 is 5.46 Å². The smallest absolute Gasteiger partial charge is 0.0279 e. The molecule has 1 heteroatoms. The van der Waals surface area contributed by atoms with E-state index in [0.29, 0.717) is 0 Å². The van der Waals surface area contributed by atoms with Gasteiger partial charge in [-0.05, 0) is 0 Å². The van der Waals surface area contributed by atoms with Crippen LogP contribution in [0.2, 0.25) is 19.0 Å². The molecule has 0 saturated heterocycles. The van der Waals surface area contributed by atoms with Crippen LogP contribution in [-0.2, 0) is 0 Å². The van der Waals surface area contributed by atoms with Gasteiger partial charge in [-0.25, -0.2) is 5.46 Å². The van der Waals surface area contributed by atoms with Crippen LogP contribution in [0.25, 0.3) is 0 Å². The molecule has 0 aromatic heterocycles. The molecule has 1 rings (SSSR count). The first-order chi connectivity index (χ1) is 10.4. The third-order valence-corrected chi connectivity index (χ3v) is 5.40. The predicted octanol–water partition coefficient (Wildman–Crippen LogP) is 6.48. The minimum atomic E-state index is -0.398. The highest BCUT2D eigenvalue weighted by molar-refractivity contribution is 6.91. The van der Waals surface area contributed by atoms with Crippen LogP contribution in [0, 0.1) is 17.8 Å². The summed E-state index contributed by atoms with van der Waals surface area (Å²) in [5.74, 6) is 2.43. The van der Waals surface area contributed by atoms with Crippen molar-refractivity contribution in [2.45, 2.75) is 79.8 Å². The van der Waals surface area contributed by atoms with Gasteiger partial charge in [-0.3, -0.25) is 0 Å². The van der Waals surface area contributed by atoms with Gasteiger partial charge in [0.25, 0.3) is 0 Å². The van der Waals surface area contributed by atoms with E-state index < -0.39 is 6.15 Å². The van der Waals surface area contributed by atoms with Crippen molar-refractivity contribution in [3.05, 3.63) is 30.3 Å². The van der Waals surface area contributed by atoms with Crippen LogP contribution in [0.1, 0.15) is 60.8 Å². The Labute approximate surface area is 140 Å². The van der Waals surface area contributed by atoms with E-state index in [1.807, 2.05) is 0 Å². The molecule has 0 fully saturated rings. The molecule has 0 saturated carbocycles. The van der Waals surface area contributed by atoms with E-state index in [1.54, 1.807) is 5.46 Å². The van der Waals surface area contributed by atoms with Crippen LogP contribution in [0.15, 0.2) is 30.3 Å². The SMILES string of the molecule is CC(C)CC[B-](CCC(C)C)(CCC(C)C)c1ccccc1. The summed E-state index contributed by atoms with van der Waals surface area (Å²) in [6.07, 6.45) is 7.91. The van der Waals surface area contributed by atoms with Gasteiger partial charge in [0.1, 0.15) is 0 Å². The van der Waals surface area contributed by atoms with Gasteiger partial charge >= 0.3 is 0 Å². The molecule has 0 aliphatic heterocycles. The summed E-state index contributed by atoms with van der Waals surface area (Å²) in [5.41, 5.74) is 1.64. The lowest BCUT2D eigenvalue weighted by Crippen LogP contribution is -2.48. The molecule has 0 amide bonds. The third-order valence-electron chi connectivity index (χ3n) is 5.40. The first-order valence-corrected chi connectivity index (χ1v) is 9.61. The second kappa shape index (κ2) is 9.43. The maximum Gasteiger partial charge on any atom is 0.0279 e. The van der Waals surface area contributed by atoms with E-state index in [4.69, 9.17) is 0 Å². The summed E-state index contributed by atoms with van der Waals surface area (Å²) in [5, 5.41) is 0. The van der Waals surface area contributed by atoms with Gasteiger partial charge in [-0.2, -0.15) is 19.0 Å². The average Bonchev–Trinajstić information content (AvgIpc) is 2.47. The standard InChI is InChI=1S/C21H38B/c1-18(2)12-15-22(16-13-19(3)4,17-14-20(5)6)21-10-8-7-9-11-21/h7-11,18-20H,12-17H2,1-6H3/q-1. The normalized spacial score (nSPS) is 12.6. The fourth-order valence-electron chi connectivity index (χ4n) is 3.75. The summed E-state index contributed by atoms with van der Waals surface area (Å²) < 4.78 is 0. The Hall–Kier alpha value is -0.715. The summed E-state index contributed by atoms with van der Waals surface area (Å²) in [7, 11) is 0. The summed E-state index contributed by atoms with van der Waals surface area (Å²) >= 11 is 0. The van der Waals surface area contributed by atoms with Crippen molar-refractivity contribution in [3.8, 4) is 0 Å². The monoisotopic (exact) mass is 301 g/mol. The Bertz CT molecular complexity index is 360. The number of benzene rings is 1. The van der Waals surface area contributed by atoms with Crippen LogP contribution >= 0.6 is 0 Å². The highest BCUT2D eigenvalue weighted by Crippen LogP contribution is 2.31. The Morgan fingerprint density at radius 3 is 1.32 bits per heavy atom. The Kier molecular flexibility index (Phi) is 8.29. The number of hydrogen-bond donors (Lipinski definition) is 0. The zero-order chi connectivity index (χ0) is 16.6. The largest absolute Gasteiger partial charge is 0.210 e. The fraction of sp³-hybridized carbons (Fsp3) is 0.714. The van der Waals surface area contributed by atoms with E-state index in [0.717, 1.165) is 17.8 Å². The van der Waals surface area contributed by atoms with Gasteiger partial charge < -0.3 is 0 Å². The molecule has 0 radical (unpaired) electrons. The molecule has 0 aliphatic carbocycles. The van der Waals surface area contributed by atoms with Crippen molar-refractivity contribution in [3.63, 3.8) is 0 Å². The van der Waals surface area contributed by atoms with Gasteiger partial charge in [0.2, 0.25) is 0 Å². The fourth-order valence-corrected chi connectivity index (χ4v) is 3.75. The second-order valence-electron chi connectivity index (χ2n) is 8.80. The minimum absolute atomic E-state index is 0.398. The molecule has 0 bridgehead atoms. The van der Waals surface area contributed by atoms with E-state index in [-0.39, 0.29) is 0 Å². The van der Waals surface area contributed by atoms with Gasteiger partial charge in [-0.1, -0.05) is 109 Å². The maximum atomic E-state index is 2.40. The average molecular weight is 301 g/mol. The molecule has 0 atom stereocenters. The Morgan fingerprint density at radius 1 is 0.636 bits per heavy atom. The lowest BCUT2D eigenvalue weighted by molar-refractivity contribution is 0.587. The summed E-state index contributed by atoms with van der Waals surface area (Å²) in [6.45, 7) is 14.2. The predicted molar refractivity (Wildman–Crippen MR) is 105 cm³/mol. The van der Waals surface area contributed by atoms with E-state index >= 15 is 0 Å². The molecule has 1 aromatic carbocycles. The molecule has 0 unspecified atom stereocenters. The minimum Gasteiger partial charge on any atom is -0.210 e. The van der Waals surface area contributed by atoms with Gasteiger partial charge in [0.05, 0.1) is 0 Å². The first kappa shape index (κ1) is 19.3. The molecular weight excluding hydrogens is 263 g/mol. The van der Waals surface area contributed by atoms with Crippen molar-refractivity contribution in [2.24, 2.45) is 17.8 Å². The van der Waals surface area contributed by atoms with Crippen molar-refractivity contribution >= 4 is 11.6 Å². The highest BCUT2D eigenvalue weighted by atomic mass is 14.1. The van der Waals surface area contributed by atoms with E-state index in [1.165, 1.54) is 38.2 Å². The third kappa shape index (κ3) is 6.59. The summed E-state index contributed by atoms with van der Waals surface area (Å²) in [4.78, 5) is 0. The molecule has 126 valence electrons. The molecule has 22 heavy (non-hydrogen) atoms. The first-order valence-electron chi connectivity index (χ1n) is 9.61. The molecule has 0 N–H and O–H groups in total. The number of hydrogen-bond acceptors (Lipinski definition) is 0. The molecular formula is C21H38B-. The van der Waals surface area contributed by atoms with E-state index in [9.17, 15) is 0 Å². The van der Waals surface area contributed by atoms with Gasteiger partial charge in [-0.15, -0.1) is 0 Å². The number of rotatable bonds is 10. The highest BCUT2D eigenvalue weighted by Gasteiger charge is 2.26. The quantitative estimate of drug-likeness (QED) is 0.434. The van der Waals surface area contributed by atoms with Crippen LogP contribution in [0.3, 0.4) is 0 Å². The second-order valence-corrected chi connectivity index (χ2v) is 8.80. The Morgan fingerprint density at radius 2 is 1.00 bits per heavy atom. The molecule has 0 aliphatic rings. The van der Waals surface area contributed by atoms with Crippen LogP contribution in [0.4, 0.5) is 0 Å². The zero-order valence-electron chi connectivity index (χ0n) is 15.9. The Balaban J connectivity index is 3.03. The molecule has 0 spiro atoms. The van der Waals surface area contributed by atoms with E-state index in [2.05, 4.69) is 71.9 Å². The maximum absolute atomic E-state index is 2.40. The molecule has 0 nitrogen and oxygen atoms in total. The van der Waals surface area contributed by atoms with Crippen molar-refractivity contribution in [1.29, 1.82) is 0 Å². The van der Waals surface area contributed by atoms with Crippen LogP contribution in [-0.4, -0.2) is 6.15 Å². The van der Waals surface area contributed by atoms with Gasteiger partial charge in [0.15, 0.2) is 0 Å². The van der Waals surface area contributed by atoms with Gasteiger partial charge in [0, 0.05) is 6.15 Å². The summed E-state index contributed by atoms with van der Waals surface area (Å²) in [6, 6.07) is 11.5. The lowest BCUT2D eigenvalue weighted by Gasteiger charge is -2.43. The lowest BCUT2D eigenvalue weighted by atomic mass is 9.16. The zero-order valence-corrected chi connectivity index (χ0v) is 15.9. The van der Waals surface area contributed by atoms with Crippen molar-refractivity contribution in [2.75, 3.05) is 0 Å². The molecule has 1 aromatic rings. The van der Waals surface area contributed by atoms with Crippen molar-refractivity contribution < 1.29 is 0 Å². The van der Waals surface area contributed by atoms with Crippen molar-refractivity contribution in [1.82, 2.24) is 0 Å². The topological polar surface area (TPSA) is 0 Å².